The number of aromatic nitrogens is 2. The number of hydrogen-bond acceptors (Lipinski definition) is 3. The average Bonchev–Trinajstić information content (AvgIpc) is 2.86. The summed E-state index contributed by atoms with van der Waals surface area (Å²) < 4.78 is 28.1. The predicted molar refractivity (Wildman–Crippen MR) is 79.3 cm³/mol. The van der Waals surface area contributed by atoms with Gasteiger partial charge < -0.3 is 4.57 Å². The summed E-state index contributed by atoms with van der Waals surface area (Å²) in [5.74, 6) is -0.131. The molecule has 0 bridgehead atoms. The second-order valence-electron chi connectivity index (χ2n) is 4.20. The van der Waals surface area contributed by atoms with E-state index >= 15 is 0 Å². The molecule has 0 amide bonds. The molecule has 2 rings (SSSR count). The fraction of sp³-hybridized carbons (Fsp3) is 0.250. The van der Waals surface area contributed by atoms with Crippen LogP contribution in [0.3, 0.4) is 0 Å². The summed E-state index contributed by atoms with van der Waals surface area (Å²) in [6, 6.07) is 4.78. The summed E-state index contributed by atoms with van der Waals surface area (Å²) in [6.07, 6.45) is 5.05. The first-order chi connectivity index (χ1) is 9.46. The smallest absolute Gasteiger partial charge is 0.215 e. The van der Waals surface area contributed by atoms with Crippen molar-refractivity contribution in [3.05, 3.63) is 52.5 Å². The summed E-state index contributed by atoms with van der Waals surface area (Å²) in [7, 11) is -3.40. The quantitative estimate of drug-likeness (QED) is 0.882. The number of benzene rings is 1. The highest BCUT2D eigenvalue weighted by molar-refractivity contribution is 7.88. The second-order valence-corrected chi connectivity index (χ2v) is 6.82. The topological polar surface area (TPSA) is 64.0 Å². The molecule has 0 radical (unpaired) electrons. The summed E-state index contributed by atoms with van der Waals surface area (Å²) >= 11 is 11.6. The Labute approximate surface area is 127 Å². The van der Waals surface area contributed by atoms with Crippen LogP contribution in [0.25, 0.3) is 0 Å². The molecule has 2 aromatic rings. The first-order valence-corrected chi connectivity index (χ1v) is 8.24. The summed E-state index contributed by atoms with van der Waals surface area (Å²) in [5, 5.41) is 0.749. The molecule has 5 nitrogen and oxygen atoms in total. The fourth-order valence-electron chi connectivity index (χ4n) is 1.65. The molecule has 0 aliphatic carbocycles. The molecule has 8 heteroatoms. The molecular weight excluding hydrogens is 321 g/mol. The first-order valence-electron chi connectivity index (χ1n) is 5.83. The van der Waals surface area contributed by atoms with Crippen molar-refractivity contribution in [3.63, 3.8) is 0 Å². The number of halogens is 2. The van der Waals surface area contributed by atoms with Crippen molar-refractivity contribution in [2.75, 3.05) is 6.54 Å². The Hall–Kier alpha value is -1.08. The van der Waals surface area contributed by atoms with Crippen LogP contribution in [-0.4, -0.2) is 24.5 Å². The number of rotatable bonds is 6. The lowest BCUT2D eigenvalue weighted by molar-refractivity contribution is 0.572. The van der Waals surface area contributed by atoms with E-state index in [0.29, 0.717) is 28.7 Å². The zero-order chi connectivity index (χ0) is 14.6. The van der Waals surface area contributed by atoms with Crippen molar-refractivity contribution in [2.24, 2.45) is 0 Å². The van der Waals surface area contributed by atoms with Gasteiger partial charge in [0.15, 0.2) is 0 Å². The summed E-state index contributed by atoms with van der Waals surface area (Å²) in [5.41, 5.74) is 0.592. The molecule has 0 aliphatic heterocycles. The Morgan fingerprint density at radius 2 is 2.05 bits per heavy atom. The van der Waals surface area contributed by atoms with Crippen LogP contribution in [0, 0.1) is 0 Å². The van der Waals surface area contributed by atoms with Crippen LogP contribution in [0.1, 0.15) is 5.56 Å². The third-order valence-electron chi connectivity index (χ3n) is 2.59. The normalized spacial score (nSPS) is 11.7. The Balaban J connectivity index is 1.91. The lowest BCUT2D eigenvalue weighted by atomic mass is 10.2. The van der Waals surface area contributed by atoms with E-state index in [1.54, 1.807) is 41.5 Å². The minimum absolute atomic E-state index is 0.131. The molecule has 0 saturated carbocycles. The Morgan fingerprint density at radius 3 is 2.70 bits per heavy atom. The molecular formula is C12H13Cl2N3O2S. The summed E-state index contributed by atoms with van der Waals surface area (Å²) in [6.45, 7) is 0.834. The number of hydrogen-bond donors (Lipinski definition) is 1. The number of nitrogens with zero attached hydrogens (tertiary/aromatic N) is 2. The first kappa shape index (κ1) is 15.3. The number of nitrogens with one attached hydrogen (secondary N) is 1. The molecule has 0 atom stereocenters. The van der Waals surface area contributed by atoms with Gasteiger partial charge in [-0.05, 0) is 17.7 Å². The minimum atomic E-state index is -3.40. The van der Waals surface area contributed by atoms with E-state index in [0.717, 1.165) is 0 Å². The van der Waals surface area contributed by atoms with Crippen molar-refractivity contribution < 1.29 is 8.42 Å². The van der Waals surface area contributed by atoms with E-state index in [9.17, 15) is 8.42 Å². The van der Waals surface area contributed by atoms with E-state index in [2.05, 4.69) is 9.71 Å². The van der Waals surface area contributed by atoms with E-state index in [4.69, 9.17) is 23.2 Å². The predicted octanol–water partition coefficient (Wildman–Crippen LogP) is 2.31. The van der Waals surface area contributed by atoms with E-state index in [1.165, 1.54) is 0 Å². The highest BCUT2D eigenvalue weighted by Gasteiger charge is 2.12. The molecule has 0 unspecified atom stereocenters. The van der Waals surface area contributed by atoms with Crippen LogP contribution in [0.4, 0.5) is 0 Å². The Morgan fingerprint density at radius 1 is 1.25 bits per heavy atom. The van der Waals surface area contributed by atoms with Crippen LogP contribution < -0.4 is 4.72 Å². The minimum Gasteiger partial charge on any atom is -0.336 e. The maximum atomic E-state index is 11.9. The average molecular weight is 334 g/mol. The lowest BCUT2D eigenvalue weighted by Gasteiger charge is -2.08. The van der Waals surface area contributed by atoms with Gasteiger partial charge in [0.25, 0.3) is 0 Å². The molecule has 1 aromatic carbocycles. The van der Waals surface area contributed by atoms with Crippen molar-refractivity contribution in [1.82, 2.24) is 14.3 Å². The van der Waals surface area contributed by atoms with Gasteiger partial charge in [0.05, 0.1) is 22.1 Å². The largest absolute Gasteiger partial charge is 0.336 e. The van der Waals surface area contributed by atoms with Gasteiger partial charge in [-0.1, -0.05) is 29.3 Å². The maximum absolute atomic E-state index is 11.9. The number of imidazole rings is 1. The van der Waals surface area contributed by atoms with Crippen LogP contribution in [0.5, 0.6) is 0 Å². The van der Waals surface area contributed by atoms with E-state index in [1.807, 2.05) is 0 Å². The third-order valence-corrected chi connectivity index (χ3v) is 4.69. The maximum Gasteiger partial charge on any atom is 0.215 e. The van der Waals surface area contributed by atoms with Crippen molar-refractivity contribution in [1.29, 1.82) is 0 Å². The Kier molecular flexibility index (Phi) is 5.04. The third kappa shape index (κ3) is 4.49. The highest BCUT2D eigenvalue weighted by Crippen LogP contribution is 2.23. The molecule has 1 heterocycles. The van der Waals surface area contributed by atoms with Crippen LogP contribution in [0.15, 0.2) is 36.9 Å². The molecule has 1 aromatic heterocycles. The zero-order valence-corrected chi connectivity index (χ0v) is 12.8. The van der Waals surface area contributed by atoms with Gasteiger partial charge in [-0.3, -0.25) is 0 Å². The standard InChI is InChI=1S/C12H13Cl2N3O2S/c13-11-2-1-10(7-12(11)14)8-20(18,19)16-4-6-17-5-3-15-9-17/h1-3,5,7,9,16H,4,6,8H2. The van der Waals surface area contributed by atoms with Gasteiger partial charge in [0.1, 0.15) is 0 Å². The summed E-state index contributed by atoms with van der Waals surface area (Å²) in [4.78, 5) is 3.88. The lowest BCUT2D eigenvalue weighted by Crippen LogP contribution is -2.28. The molecule has 0 fully saturated rings. The van der Waals surface area contributed by atoms with E-state index < -0.39 is 10.0 Å². The molecule has 0 aliphatic rings. The molecule has 0 spiro atoms. The van der Waals surface area contributed by atoms with Gasteiger partial charge in [-0.25, -0.2) is 18.1 Å². The van der Waals surface area contributed by atoms with Crippen LogP contribution >= 0.6 is 23.2 Å². The van der Waals surface area contributed by atoms with E-state index in [-0.39, 0.29) is 5.75 Å². The SMILES string of the molecule is O=S(=O)(Cc1ccc(Cl)c(Cl)c1)NCCn1ccnc1. The molecule has 0 saturated heterocycles. The monoisotopic (exact) mass is 333 g/mol. The highest BCUT2D eigenvalue weighted by atomic mass is 35.5. The molecule has 108 valence electrons. The van der Waals surface area contributed by atoms with Gasteiger partial charge in [-0.2, -0.15) is 0 Å². The zero-order valence-electron chi connectivity index (χ0n) is 10.5. The van der Waals surface area contributed by atoms with Crippen LogP contribution in [-0.2, 0) is 22.3 Å². The number of sulfonamides is 1. The van der Waals surface area contributed by atoms with Crippen molar-refractivity contribution in [2.45, 2.75) is 12.3 Å². The van der Waals surface area contributed by atoms with Gasteiger partial charge in [0.2, 0.25) is 10.0 Å². The van der Waals surface area contributed by atoms with Gasteiger partial charge >= 0.3 is 0 Å². The van der Waals surface area contributed by atoms with Crippen molar-refractivity contribution in [3.8, 4) is 0 Å². The van der Waals surface area contributed by atoms with Gasteiger partial charge in [-0.15, -0.1) is 0 Å². The van der Waals surface area contributed by atoms with Crippen molar-refractivity contribution >= 4 is 33.2 Å². The fourth-order valence-corrected chi connectivity index (χ4v) is 3.09. The molecule has 20 heavy (non-hydrogen) atoms. The van der Waals surface area contributed by atoms with Gasteiger partial charge in [0, 0.05) is 25.5 Å². The van der Waals surface area contributed by atoms with Crippen LogP contribution in [0.2, 0.25) is 10.0 Å². The Bertz CT molecular complexity index is 672. The molecule has 1 N–H and O–H groups in total. The second kappa shape index (κ2) is 6.58.